The Bertz CT molecular complexity index is 548. The number of carbonyl (C=O) groups is 2. The zero-order valence-corrected chi connectivity index (χ0v) is 15.3. The predicted octanol–water partition coefficient (Wildman–Crippen LogP) is 2.23. The molecule has 0 unspecified atom stereocenters. The lowest BCUT2D eigenvalue weighted by atomic mass is 10.0. The highest BCUT2D eigenvalue weighted by Crippen LogP contribution is 2.22. The van der Waals surface area contributed by atoms with Gasteiger partial charge in [0.05, 0.1) is 14.2 Å². The van der Waals surface area contributed by atoms with Gasteiger partial charge < -0.3 is 20.1 Å². The summed E-state index contributed by atoms with van der Waals surface area (Å²) in [6.45, 7) is 8.40. The van der Waals surface area contributed by atoms with E-state index in [1.807, 2.05) is 27.7 Å². The summed E-state index contributed by atoms with van der Waals surface area (Å²) in [5.41, 5.74) is 0.383. The number of hydrogen-bond acceptors (Lipinski definition) is 4. The van der Waals surface area contributed by atoms with E-state index < -0.39 is 6.04 Å². The molecule has 1 aromatic rings. The van der Waals surface area contributed by atoms with Gasteiger partial charge in [0.2, 0.25) is 5.91 Å². The summed E-state index contributed by atoms with van der Waals surface area (Å²) in [6, 6.07) is 4.31. The SMILES string of the molecule is COc1cc(OC)cc(C(=O)N[C@@H](C(=O)NCC(C)C)C(C)C)c1. The van der Waals surface area contributed by atoms with Crippen LogP contribution in [0.25, 0.3) is 0 Å². The van der Waals surface area contributed by atoms with Gasteiger partial charge in [-0.15, -0.1) is 0 Å². The van der Waals surface area contributed by atoms with Crippen LogP contribution in [0, 0.1) is 11.8 Å². The van der Waals surface area contributed by atoms with E-state index in [2.05, 4.69) is 10.6 Å². The molecule has 2 amide bonds. The molecule has 24 heavy (non-hydrogen) atoms. The van der Waals surface area contributed by atoms with Gasteiger partial charge in [0.1, 0.15) is 17.5 Å². The third kappa shape index (κ3) is 5.76. The van der Waals surface area contributed by atoms with Crippen molar-refractivity contribution in [2.45, 2.75) is 33.7 Å². The van der Waals surface area contributed by atoms with Crippen LogP contribution in [0.5, 0.6) is 11.5 Å². The number of carbonyl (C=O) groups excluding carboxylic acids is 2. The molecule has 1 rings (SSSR count). The average molecular weight is 336 g/mol. The molecule has 0 fully saturated rings. The molecule has 0 saturated carbocycles. The molecule has 0 aliphatic rings. The quantitative estimate of drug-likeness (QED) is 0.763. The maximum Gasteiger partial charge on any atom is 0.252 e. The van der Waals surface area contributed by atoms with E-state index in [1.54, 1.807) is 18.2 Å². The summed E-state index contributed by atoms with van der Waals surface area (Å²) in [5, 5.41) is 5.66. The number of amides is 2. The second-order valence-corrected chi connectivity index (χ2v) is 6.44. The van der Waals surface area contributed by atoms with Crippen molar-refractivity contribution >= 4 is 11.8 Å². The van der Waals surface area contributed by atoms with Crippen LogP contribution in [0.1, 0.15) is 38.1 Å². The van der Waals surface area contributed by atoms with E-state index in [1.165, 1.54) is 14.2 Å². The van der Waals surface area contributed by atoms with Gasteiger partial charge in [-0.2, -0.15) is 0 Å². The van der Waals surface area contributed by atoms with E-state index in [0.717, 1.165) is 0 Å². The van der Waals surface area contributed by atoms with Crippen molar-refractivity contribution in [2.75, 3.05) is 20.8 Å². The van der Waals surface area contributed by atoms with E-state index >= 15 is 0 Å². The fourth-order valence-corrected chi connectivity index (χ4v) is 2.11. The Morgan fingerprint density at radius 1 is 1.00 bits per heavy atom. The van der Waals surface area contributed by atoms with Crippen LogP contribution in [0.4, 0.5) is 0 Å². The minimum atomic E-state index is -0.603. The van der Waals surface area contributed by atoms with Gasteiger partial charge in [0.25, 0.3) is 5.91 Å². The Hall–Kier alpha value is -2.24. The van der Waals surface area contributed by atoms with Crippen LogP contribution in [0.15, 0.2) is 18.2 Å². The number of benzene rings is 1. The lowest BCUT2D eigenvalue weighted by Crippen LogP contribution is -2.50. The minimum Gasteiger partial charge on any atom is -0.497 e. The molecule has 1 aromatic carbocycles. The third-order valence-electron chi connectivity index (χ3n) is 3.53. The molecular formula is C18H28N2O4. The molecule has 0 saturated heterocycles. The maximum atomic E-state index is 12.5. The van der Waals surface area contributed by atoms with Crippen molar-refractivity contribution in [1.82, 2.24) is 10.6 Å². The smallest absolute Gasteiger partial charge is 0.252 e. The number of nitrogens with one attached hydrogen (secondary N) is 2. The standard InChI is InChI=1S/C18H28N2O4/c1-11(2)10-19-18(22)16(12(3)4)20-17(21)13-7-14(23-5)9-15(8-13)24-6/h7-9,11-12,16H,10H2,1-6H3,(H,19,22)(H,20,21)/t16-/m1/s1. The van der Waals surface area contributed by atoms with E-state index in [0.29, 0.717) is 29.5 Å². The number of hydrogen-bond donors (Lipinski definition) is 2. The van der Waals surface area contributed by atoms with Crippen molar-refractivity contribution in [1.29, 1.82) is 0 Å². The molecule has 6 heteroatoms. The van der Waals surface area contributed by atoms with Crippen LogP contribution in [0.3, 0.4) is 0 Å². The highest BCUT2D eigenvalue weighted by molar-refractivity contribution is 5.98. The second-order valence-electron chi connectivity index (χ2n) is 6.44. The van der Waals surface area contributed by atoms with Crippen LogP contribution < -0.4 is 20.1 Å². The van der Waals surface area contributed by atoms with Gasteiger partial charge >= 0.3 is 0 Å². The van der Waals surface area contributed by atoms with Crippen LogP contribution >= 0.6 is 0 Å². The van der Waals surface area contributed by atoms with Crippen LogP contribution in [-0.4, -0.2) is 38.6 Å². The number of ether oxygens (including phenoxy) is 2. The first-order valence-corrected chi connectivity index (χ1v) is 8.10. The number of methoxy groups -OCH3 is 2. The highest BCUT2D eigenvalue weighted by atomic mass is 16.5. The van der Waals surface area contributed by atoms with Gasteiger partial charge in [-0.05, 0) is 24.0 Å². The summed E-state index contributed by atoms with van der Waals surface area (Å²) in [5.74, 6) is 0.830. The fourth-order valence-electron chi connectivity index (χ4n) is 2.11. The van der Waals surface area contributed by atoms with Crippen LogP contribution in [-0.2, 0) is 4.79 Å². The lowest BCUT2D eigenvalue weighted by molar-refractivity contribution is -0.124. The molecule has 134 valence electrons. The first-order valence-electron chi connectivity index (χ1n) is 8.10. The summed E-state index contributed by atoms with van der Waals surface area (Å²) >= 11 is 0. The normalized spacial score (nSPS) is 12.0. The average Bonchev–Trinajstić information content (AvgIpc) is 2.56. The summed E-state index contributed by atoms with van der Waals surface area (Å²) in [6.07, 6.45) is 0. The fraction of sp³-hybridized carbons (Fsp3) is 0.556. The molecule has 0 aliphatic carbocycles. The molecular weight excluding hydrogens is 308 g/mol. The second kappa shape index (κ2) is 9.15. The number of rotatable bonds is 8. The van der Waals surface area contributed by atoms with E-state index in [9.17, 15) is 9.59 Å². The van der Waals surface area contributed by atoms with Gasteiger partial charge in [0.15, 0.2) is 0 Å². The monoisotopic (exact) mass is 336 g/mol. The summed E-state index contributed by atoms with van der Waals surface area (Å²) in [4.78, 5) is 24.9. The molecule has 0 heterocycles. The zero-order chi connectivity index (χ0) is 18.3. The van der Waals surface area contributed by atoms with Gasteiger partial charge in [-0.1, -0.05) is 27.7 Å². The molecule has 0 radical (unpaired) electrons. The summed E-state index contributed by atoms with van der Waals surface area (Å²) in [7, 11) is 3.04. The molecule has 0 bridgehead atoms. The van der Waals surface area contributed by atoms with Gasteiger partial charge in [-0.3, -0.25) is 9.59 Å². The maximum absolute atomic E-state index is 12.5. The molecule has 2 N–H and O–H groups in total. The molecule has 1 atom stereocenters. The Balaban J connectivity index is 2.91. The Morgan fingerprint density at radius 3 is 1.96 bits per heavy atom. The first kappa shape index (κ1) is 19.8. The van der Waals surface area contributed by atoms with Gasteiger partial charge in [0, 0.05) is 18.2 Å². The van der Waals surface area contributed by atoms with Crippen molar-refractivity contribution < 1.29 is 19.1 Å². The van der Waals surface area contributed by atoms with Crippen molar-refractivity contribution in [3.8, 4) is 11.5 Å². The van der Waals surface area contributed by atoms with E-state index in [4.69, 9.17) is 9.47 Å². The van der Waals surface area contributed by atoms with E-state index in [-0.39, 0.29) is 17.7 Å². The lowest BCUT2D eigenvalue weighted by Gasteiger charge is -2.22. The molecule has 0 aliphatic heterocycles. The van der Waals surface area contributed by atoms with Crippen molar-refractivity contribution in [2.24, 2.45) is 11.8 Å². The Morgan fingerprint density at radius 2 is 1.54 bits per heavy atom. The minimum absolute atomic E-state index is 0.0337. The van der Waals surface area contributed by atoms with Crippen LogP contribution in [0.2, 0.25) is 0 Å². The van der Waals surface area contributed by atoms with Gasteiger partial charge in [-0.25, -0.2) is 0 Å². The molecule has 0 aromatic heterocycles. The largest absolute Gasteiger partial charge is 0.497 e. The summed E-state index contributed by atoms with van der Waals surface area (Å²) < 4.78 is 10.3. The topological polar surface area (TPSA) is 76.7 Å². The molecule has 0 spiro atoms. The van der Waals surface area contributed by atoms with Crippen molar-refractivity contribution in [3.05, 3.63) is 23.8 Å². The Labute approximate surface area is 143 Å². The third-order valence-corrected chi connectivity index (χ3v) is 3.53. The zero-order valence-electron chi connectivity index (χ0n) is 15.3. The Kier molecular flexibility index (Phi) is 7.55. The first-order chi connectivity index (χ1) is 11.3. The highest BCUT2D eigenvalue weighted by Gasteiger charge is 2.25. The predicted molar refractivity (Wildman–Crippen MR) is 93.5 cm³/mol. The van der Waals surface area contributed by atoms with Crippen molar-refractivity contribution in [3.63, 3.8) is 0 Å². The molecule has 6 nitrogen and oxygen atoms in total.